The molecule has 1 atom stereocenters. The molecule has 6 heteroatoms. The van der Waals surface area contributed by atoms with Gasteiger partial charge < -0.3 is 10.1 Å². The van der Waals surface area contributed by atoms with Gasteiger partial charge in [-0.25, -0.2) is 14.2 Å². The average Bonchev–Trinajstić information content (AvgIpc) is 2.72. The Labute approximate surface area is 108 Å². The number of benzene rings is 1. The lowest BCUT2D eigenvalue weighted by Crippen LogP contribution is -2.27. The second-order valence-electron chi connectivity index (χ2n) is 3.75. The van der Waals surface area contributed by atoms with Crippen molar-refractivity contribution in [3.63, 3.8) is 0 Å². The molecule has 0 saturated carbocycles. The molecule has 0 fully saturated rings. The van der Waals surface area contributed by atoms with Gasteiger partial charge in [-0.1, -0.05) is 0 Å². The molecular formula is C12H13FN2O2S. The number of fused-ring (bicyclic) bond motifs is 1. The highest BCUT2D eigenvalue weighted by atomic mass is 32.1. The summed E-state index contributed by atoms with van der Waals surface area (Å²) in [6.45, 7) is 3.87. The highest BCUT2D eigenvalue weighted by Gasteiger charge is 2.14. The van der Waals surface area contributed by atoms with Gasteiger partial charge in [0.25, 0.3) is 0 Å². The molecule has 0 aliphatic carbocycles. The van der Waals surface area contributed by atoms with Gasteiger partial charge in [-0.2, -0.15) is 0 Å². The summed E-state index contributed by atoms with van der Waals surface area (Å²) in [5.41, 5.74) is 0.730. The van der Waals surface area contributed by atoms with Crippen LogP contribution in [0.3, 0.4) is 0 Å². The molecule has 1 aromatic heterocycles. The van der Waals surface area contributed by atoms with Crippen molar-refractivity contribution < 1.29 is 13.9 Å². The van der Waals surface area contributed by atoms with Crippen molar-refractivity contribution in [3.05, 3.63) is 29.0 Å². The number of ether oxygens (including phenoxy) is 1. The maximum absolute atomic E-state index is 13.0. The molecular weight excluding hydrogens is 255 g/mol. The van der Waals surface area contributed by atoms with E-state index in [2.05, 4.69) is 10.3 Å². The second-order valence-corrected chi connectivity index (χ2v) is 4.81. The van der Waals surface area contributed by atoms with Crippen molar-refractivity contribution in [1.29, 1.82) is 0 Å². The van der Waals surface area contributed by atoms with Gasteiger partial charge in [-0.15, -0.1) is 11.3 Å². The van der Waals surface area contributed by atoms with E-state index in [0.717, 1.165) is 15.2 Å². The number of hydrogen-bond donors (Lipinski definition) is 1. The van der Waals surface area contributed by atoms with Crippen LogP contribution >= 0.6 is 11.3 Å². The van der Waals surface area contributed by atoms with Gasteiger partial charge in [0.15, 0.2) is 0 Å². The number of nitrogens with zero attached hydrogens (tertiary/aromatic N) is 1. The fraction of sp³-hybridized carbons (Fsp3) is 0.333. The average molecular weight is 268 g/mol. The molecule has 2 aromatic rings. The highest BCUT2D eigenvalue weighted by Crippen LogP contribution is 2.26. The summed E-state index contributed by atoms with van der Waals surface area (Å²) < 4.78 is 18.6. The number of halogens is 1. The number of thiazole rings is 1. The third-order valence-electron chi connectivity index (χ3n) is 2.35. The zero-order valence-corrected chi connectivity index (χ0v) is 10.9. The quantitative estimate of drug-likeness (QED) is 0.929. The van der Waals surface area contributed by atoms with Crippen LogP contribution in [0.15, 0.2) is 18.2 Å². The Morgan fingerprint density at radius 1 is 1.61 bits per heavy atom. The van der Waals surface area contributed by atoms with E-state index in [0.29, 0.717) is 6.61 Å². The lowest BCUT2D eigenvalue weighted by Gasteiger charge is -2.10. The SMILES string of the molecule is CCOC(=O)NC(C)c1nc2ccc(F)cc2s1. The normalized spacial score (nSPS) is 12.4. The third kappa shape index (κ3) is 2.76. The van der Waals surface area contributed by atoms with Crippen LogP contribution < -0.4 is 5.32 Å². The van der Waals surface area contributed by atoms with E-state index in [9.17, 15) is 9.18 Å². The Kier molecular flexibility index (Phi) is 3.76. The minimum atomic E-state index is -0.476. The van der Waals surface area contributed by atoms with Crippen LogP contribution in [-0.2, 0) is 4.74 Å². The van der Waals surface area contributed by atoms with Gasteiger partial charge in [0.2, 0.25) is 0 Å². The minimum Gasteiger partial charge on any atom is -0.450 e. The summed E-state index contributed by atoms with van der Waals surface area (Å²) in [6, 6.07) is 4.18. The molecule has 2 rings (SSSR count). The summed E-state index contributed by atoms with van der Waals surface area (Å²) in [5.74, 6) is -0.288. The molecule has 0 aliphatic rings. The van der Waals surface area contributed by atoms with E-state index >= 15 is 0 Å². The zero-order chi connectivity index (χ0) is 13.1. The number of rotatable bonds is 3. The molecule has 0 saturated heterocycles. The van der Waals surface area contributed by atoms with Crippen LogP contribution in [0.1, 0.15) is 24.9 Å². The standard InChI is InChI=1S/C12H13FN2O2S/c1-3-17-12(16)14-7(2)11-15-9-5-4-8(13)6-10(9)18-11/h4-7H,3H2,1-2H3,(H,14,16). The van der Waals surface area contributed by atoms with E-state index in [-0.39, 0.29) is 11.9 Å². The van der Waals surface area contributed by atoms with Gasteiger partial charge >= 0.3 is 6.09 Å². The van der Waals surface area contributed by atoms with E-state index < -0.39 is 6.09 Å². The molecule has 0 spiro atoms. The number of aromatic nitrogens is 1. The first-order valence-corrected chi connectivity index (χ1v) is 6.41. The summed E-state index contributed by atoms with van der Waals surface area (Å²) in [7, 11) is 0. The van der Waals surface area contributed by atoms with Crippen LogP contribution in [0.25, 0.3) is 10.2 Å². The number of nitrogens with one attached hydrogen (secondary N) is 1. The fourth-order valence-electron chi connectivity index (χ4n) is 1.51. The zero-order valence-electron chi connectivity index (χ0n) is 10.1. The fourth-order valence-corrected chi connectivity index (χ4v) is 2.51. The number of carbonyl (C=O) groups excluding carboxylic acids is 1. The first-order valence-electron chi connectivity index (χ1n) is 5.59. The van der Waals surface area contributed by atoms with Crippen molar-refractivity contribution >= 4 is 27.6 Å². The van der Waals surface area contributed by atoms with Crippen LogP contribution in [-0.4, -0.2) is 17.7 Å². The third-order valence-corrected chi connectivity index (χ3v) is 3.55. The smallest absolute Gasteiger partial charge is 0.407 e. The van der Waals surface area contributed by atoms with E-state index in [1.165, 1.54) is 23.5 Å². The Morgan fingerprint density at radius 3 is 3.11 bits per heavy atom. The number of alkyl carbamates (subject to hydrolysis) is 1. The molecule has 18 heavy (non-hydrogen) atoms. The van der Waals surface area contributed by atoms with E-state index in [1.807, 2.05) is 6.92 Å². The molecule has 1 N–H and O–H groups in total. The summed E-state index contributed by atoms with van der Waals surface area (Å²) in [6.07, 6.45) is -0.476. The first-order chi connectivity index (χ1) is 8.60. The number of carbonyl (C=O) groups is 1. The lowest BCUT2D eigenvalue weighted by molar-refractivity contribution is 0.149. The molecule has 1 unspecified atom stereocenters. The van der Waals surface area contributed by atoms with Crippen molar-refractivity contribution in [2.45, 2.75) is 19.9 Å². The molecule has 1 heterocycles. The topological polar surface area (TPSA) is 51.2 Å². The van der Waals surface area contributed by atoms with E-state index in [4.69, 9.17) is 4.74 Å². The van der Waals surface area contributed by atoms with Gasteiger partial charge in [-0.3, -0.25) is 0 Å². The minimum absolute atomic E-state index is 0.260. The van der Waals surface area contributed by atoms with Crippen molar-refractivity contribution in [1.82, 2.24) is 10.3 Å². The Hall–Kier alpha value is -1.69. The van der Waals surface area contributed by atoms with Crippen molar-refractivity contribution in [2.75, 3.05) is 6.61 Å². The van der Waals surface area contributed by atoms with Crippen LogP contribution in [0.5, 0.6) is 0 Å². The maximum Gasteiger partial charge on any atom is 0.407 e. The number of amides is 1. The molecule has 0 bridgehead atoms. The molecule has 96 valence electrons. The highest BCUT2D eigenvalue weighted by molar-refractivity contribution is 7.18. The predicted octanol–water partition coefficient (Wildman–Crippen LogP) is 3.24. The second kappa shape index (κ2) is 5.30. The van der Waals surface area contributed by atoms with Gasteiger partial charge in [-0.05, 0) is 32.0 Å². The van der Waals surface area contributed by atoms with E-state index in [1.54, 1.807) is 13.0 Å². The first kappa shape index (κ1) is 12.8. The molecule has 4 nitrogen and oxygen atoms in total. The molecule has 1 aromatic carbocycles. The molecule has 0 radical (unpaired) electrons. The largest absolute Gasteiger partial charge is 0.450 e. The molecule has 1 amide bonds. The van der Waals surface area contributed by atoms with Gasteiger partial charge in [0, 0.05) is 0 Å². The summed E-state index contributed by atoms with van der Waals surface area (Å²) in [4.78, 5) is 15.6. The monoisotopic (exact) mass is 268 g/mol. The Morgan fingerprint density at radius 2 is 2.39 bits per heavy atom. The van der Waals surface area contributed by atoms with Crippen molar-refractivity contribution in [3.8, 4) is 0 Å². The Bertz CT molecular complexity index is 570. The molecule has 0 aliphatic heterocycles. The van der Waals surface area contributed by atoms with Crippen molar-refractivity contribution in [2.24, 2.45) is 0 Å². The lowest BCUT2D eigenvalue weighted by atomic mass is 10.3. The number of hydrogen-bond acceptors (Lipinski definition) is 4. The van der Waals surface area contributed by atoms with Gasteiger partial charge in [0.05, 0.1) is 22.9 Å². The maximum atomic E-state index is 13.0. The van der Waals surface area contributed by atoms with Crippen LogP contribution in [0.4, 0.5) is 9.18 Å². The predicted molar refractivity (Wildman–Crippen MR) is 68.2 cm³/mol. The van der Waals surface area contributed by atoms with Gasteiger partial charge in [0.1, 0.15) is 10.8 Å². The van der Waals surface area contributed by atoms with Crippen LogP contribution in [0.2, 0.25) is 0 Å². The van der Waals surface area contributed by atoms with Crippen LogP contribution in [0, 0.1) is 5.82 Å². The summed E-state index contributed by atoms with van der Waals surface area (Å²) in [5, 5.41) is 3.39. The Balaban J connectivity index is 2.17. The summed E-state index contributed by atoms with van der Waals surface area (Å²) >= 11 is 1.36.